The number of amides is 1. The third-order valence-corrected chi connectivity index (χ3v) is 6.91. The van der Waals surface area contributed by atoms with E-state index in [9.17, 15) is 4.79 Å². The third kappa shape index (κ3) is 7.37. The zero-order valence-corrected chi connectivity index (χ0v) is 18.8. The summed E-state index contributed by atoms with van der Waals surface area (Å²) >= 11 is 1.63. The Morgan fingerprint density at radius 1 is 1.25 bits per heavy atom. The molecule has 1 heterocycles. The van der Waals surface area contributed by atoms with Crippen LogP contribution in [-0.4, -0.2) is 39.3 Å². The Morgan fingerprint density at radius 3 is 2.54 bits per heavy atom. The zero-order valence-electron chi connectivity index (χ0n) is 17.0. The van der Waals surface area contributed by atoms with Crippen molar-refractivity contribution in [1.82, 2.24) is 4.90 Å². The Labute approximate surface area is 172 Å². The van der Waals surface area contributed by atoms with E-state index >= 15 is 0 Å². The van der Waals surface area contributed by atoms with Crippen LogP contribution in [0.5, 0.6) is 5.75 Å². The molecule has 0 N–H and O–H groups in total. The summed E-state index contributed by atoms with van der Waals surface area (Å²) in [6, 6.07) is 14.2. The van der Waals surface area contributed by atoms with E-state index in [2.05, 4.69) is 25.7 Å². The van der Waals surface area contributed by atoms with E-state index in [1.807, 2.05) is 17.5 Å². The summed E-state index contributed by atoms with van der Waals surface area (Å²) < 4.78 is 11.5. The summed E-state index contributed by atoms with van der Waals surface area (Å²) in [7, 11) is 0.538. The van der Waals surface area contributed by atoms with Gasteiger partial charge in [0.15, 0.2) is 0 Å². The van der Waals surface area contributed by atoms with Gasteiger partial charge in [-0.1, -0.05) is 25.7 Å². The predicted molar refractivity (Wildman–Crippen MR) is 116 cm³/mol. The molecule has 0 saturated carbocycles. The second-order valence-corrected chi connectivity index (χ2v) is 14.5. The molecule has 7 heteroatoms. The fourth-order valence-corrected chi connectivity index (χ4v) is 3.97. The molecule has 0 aliphatic rings. The van der Waals surface area contributed by atoms with Gasteiger partial charge in [0.1, 0.15) is 11.9 Å². The van der Waals surface area contributed by atoms with Gasteiger partial charge in [0, 0.05) is 33.0 Å². The smallest absolute Gasteiger partial charge is 0.409 e. The first-order valence-corrected chi connectivity index (χ1v) is 14.0. The summed E-state index contributed by atoms with van der Waals surface area (Å²) in [5.41, 5.74) is 0.598. The van der Waals surface area contributed by atoms with Crippen LogP contribution in [0.25, 0.3) is 0 Å². The maximum Gasteiger partial charge on any atom is 0.409 e. The van der Waals surface area contributed by atoms with Gasteiger partial charge in [-0.05, 0) is 41.8 Å². The molecule has 2 rings (SSSR count). The second kappa shape index (κ2) is 10.3. The third-order valence-electron chi connectivity index (χ3n) is 4.24. The largest absolute Gasteiger partial charge is 0.485 e. The lowest BCUT2D eigenvalue weighted by Gasteiger charge is -2.23. The molecule has 0 aliphatic heterocycles. The Morgan fingerprint density at radius 2 is 1.96 bits per heavy atom. The number of rotatable bonds is 9. The average Bonchev–Trinajstić information content (AvgIpc) is 3.18. The molecular formula is C21H28N2O3SSi. The van der Waals surface area contributed by atoms with E-state index < -0.39 is 8.07 Å². The quantitative estimate of drug-likeness (QED) is 0.504. The Kier molecular flexibility index (Phi) is 8.09. The fraction of sp³-hybridized carbons (Fsp3) is 0.429. The molecule has 1 atom stereocenters. The van der Waals surface area contributed by atoms with E-state index in [1.165, 1.54) is 0 Å². The lowest BCUT2D eigenvalue weighted by Crippen LogP contribution is -2.31. The first kappa shape index (κ1) is 22.0. The van der Waals surface area contributed by atoms with E-state index in [0.29, 0.717) is 30.9 Å². The molecule has 0 radical (unpaired) electrons. The van der Waals surface area contributed by atoms with Crippen LogP contribution in [0.2, 0.25) is 25.7 Å². The molecule has 0 aliphatic carbocycles. The zero-order chi connectivity index (χ0) is 20.6. The van der Waals surface area contributed by atoms with Crippen molar-refractivity contribution in [2.24, 2.45) is 0 Å². The number of hydrogen-bond acceptors (Lipinski definition) is 5. The number of thiophene rings is 1. The number of nitrogens with zero attached hydrogens (tertiary/aromatic N) is 2. The number of benzene rings is 1. The molecule has 0 fully saturated rings. The van der Waals surface area contributed by atoms with Crippen LogP contribution in [-0.2, 0) is 4.74 Å². The maximum atomic E-state index is 12.2. The highest BCUT2D eigenvalue weighted by Crippen LogP contribution is 2.28. The lowest BCUT2D eigenvalue weighted by atomic mass is 10.2. The van der Waals surface area contributed by atoms with E-state index in [1.54, 1.807) is 47.5 Å². The van der Waals surface area contributed by atoms with Crippen molar-refractivity contribution in [2.45, 2.75) is 38.2 Å². The van der Waals surface area contributed by atoms with Crippen LogP contribution < -0.4 is 4.74 Å². The number of nitriles is 1. The van der Waals surface area contributed by atoms with Crippen molar-refractivity contribution in [3.05, 3.63) is 52.2 Å². The highest BCUT2D eigenvalue weighted by Gasteiger charge is 2.19. The first-order valence-electron chi connectivity index (χ1n) is 9.36. The van der Waals surface area contributed by atoms with Crippen molar-refractivity contribution in [3.63, 3.8) is 0 Å². The molecule has 5 nitrogen and oxygen atoms in total. The van der Waals surface area contributed by atoms with Crippen LogP contribution in [0.4, 0.5) is 4.79 Å². The van der Waals surface area contributed by atoms with Gasteiger partial charge in [0.05, 0.1) is 18.2 Å². The van der Waals surface area contributed by atoms with Crippen molar-refractivity contribution in [1.29, 1.82) is 5.26 Å². The first-order chi connectivity index (χ1) is 13.3. The van der Waals surface area contributed by atoms with Gasteiger partial charge in [-0.15, -0.1) is 11.3 Å². The lowest BCUT2D eigenvalue weighted by molar-refractivity contribution is 0.108. The number of carbonyl (C=O) groups excluding carboxylic acids is 1. The van der Waals surface area contributed by atoms with Gasteiger partial charge >= 0.3 is 6.09 Å². The molecule has 0 bridgehead atoms. The molecular weight excluding hydrogens is 388 g/mol. The molecule has 150 valence electrons. The minimum absolute atomic E-state index is 0.162. The van der Waals surface area contributed by atoms with Gasteiger partial charge in [-0.2, -0.15) is 5.26 Å². The molecule has 0 spiro atoms. The van der Waals surface area contributed by atoms with Crippen molar-refractivity contribution >= 4 is 25.5 Å². The monoisotopic (exact) mass is 416 g/mol. The number of ether oxygens (including phenoxy) is 2. The molecule has 28 heavy (non-hydrogen) atoms. The maximum absolute atomic E-state index is 12.2. The fourth-order valence-electron chi connectivity index (χ4n) is 2.46. The standard InChI is InChI=1S/C21H28N2O3SSi/c1-23(21(24)25-13-15-28(2,3)4)12-11-19(20-6-5-14-27-20)26-18-9-7-17(16-22)8-10-18/h5-10,14,19H,11-13,15H2,1-4H3/t19-/m0/s1. The molecule has 2 aromatic rings. The van der Waals surface area contributed by atoms with Crippen molar-refractivity contribution in [2.75, 3.05) is 20.2 Å². The summed E-state index contributed by atoms with van der Waals surface area (Å²) in [4.78, 5) is 14.9. The number of hydrogen-bond donors (Lipinski definition) is 0. The predicted octanol–water partition coefficient (Wildman–Crippen LogP) is 5.54. The minimum atomic E-state index is -1.22. The normalized spacial score (nSPS) is 12.1. The van der Waals surface area contributed by atoms with Crippen LogP contribution in [0.15, 0.2) is 41.8 Å². The molecule has 0 unspecified atom stereocenters. The summed E-state index contributed by atoms with van der Waals surface area (Å²) in [5, 5.41) is 10.9. The summed E-state index contributed by atoms with van der Waals surface area (Å²) in [6.07, 6.45) is 0.201. The van der Waals surface area contributed by atoms with E-state index in [4.69, 9.17) is 14.7 Å². The average molecular weight is 417 g/mol. The van der Waals surface area contributed by atoms with E-state index in [0.717, 1.165) is 10.9 Å². The van der Waals surface area contributed by atoms with Crippen LogP contribution >= 0.6 is 11.3 Å². The van der Waals surface area contributed by atoms with E-state index in [-0.39, 0.29) is 12.2 Å². The van der Waals surface area contributed by atoms with Crippen molar-refractivity contribution < 1.29 is 14.3 Å². The molecule has 0 saturated heterocycles. The Hall–Kier alpha value is -2.30. The highest BCUT2D eigenvalue weighted by molar-refractivity contribution is 7.10. The second-order valence-electron chi connectivity index (χ2n) is 7.89. The molecule has 1 aromatic heterocycles. The van der Waals surface area contributed by atoms with Gasteiger partial charge in [-0.25, -0.2) is 4.79 Å². The molecule has 1 amide bonds. The number of carbonyl (C=O) groups is 1. The van der Waals surface area contributed by atoms with Crippen LogP contribution in [0, 0.1) is 11.3 Å². The minimum Gasteiger partial charge on any atom is -0.485 e. The van der Waals surface area contributed by atoms with Crippen LogP contribution in [0.1, 0.15) is 23.0 Å². The van der Waals surface area contributed by atoms with Gasteiger partial charge in [0.25, 0.3) is 0 Å². The SMILES string of the molecule is CN(CC[C@H](Oc1ccc(C#N)cc1)c1cccs1)C(=O)OCC[Si](C)(C)C. The topological polar surface area (TPSA) is 62.6 Å². The Balaban J connectivity index is 1.92. The van der Waals surface area contributed by atoms with Gasteiger partial charge in [0.2, 0.25) is 0 Å². The molecule has 1 aromatic carbocycles. The Bertz CT molecular complexity index is 779. The highest BCUT2D eigenvalue weighted by atomic mass is 32.1. The van der Waals surface area contributed by atoms with Crippen LogP contribution in [0.3, 0.4) is 0 Å². The summed E-state index contributed by atoms with van der Waals surface area (Å²) in [5.74, 6) is 0.706. The summed E-state index contributed by atoms with van der Waals surface area (Å²) in [6.45, 7) is 7.80. The van der Waals surface area contributed by atoms with Crippen molar-refractivity contribution in [3.8, 4) is 11.8 Å². The van der Waals surface area contributed by atoms with Gasteiger partial charge < -0.3 is 14.4 Å². The van der Waals surface area contributed by atoms with Gasteiger partial charge in [-0.3, -0.25) is 0 Å².